The highest BCUT2D eigenvalue weighted by atomic mass is 32.2. The molecule has 2 aliphatic heterocycles. The number of aliphatic imine (C=N–C) groups is 1. The zero-order chi connectivity index (χ0) is 13.9. The third-order valence-electron chi connectivity index (χ3n) is 3.71. The van der Waals surface area contributed by atoms with Crippen LogP contribution in [0.5, 0.6) is 0 Å². The van der Waals surface area contributed by atoms with Crippen molar-refractivity contribution in [3.05, 3.63) is 40.3 Å². The maximum atomic E-state index is 12.0. The molecule has 1 saturated heterocycles. The number of hydrogen-bond donors (Lipinski definition) is 0. The smallest absolute Gasteiger partial charge is 0.286 e. The number of thioether (sulfide) groups is 1. The Labute approximate surface area is 123 Å². The summed E-state index contributed by atoms with van der Waals surface area (Å²) in [6.45, 7) is 4.11. The van der Waals surface area contributed by atoms with Gasteiger partial charge in [-0.1, -0.05) is 24.3 Å². The van der Waals surface area contributed by atoms with Crippen molar-refractivity contribution in [1.82, 2.24) is 4.90 Å². The van der Waals surface area contributed by atoms with Gasteiger partial charge in [0.05, 0.1) is 4.91 Å². The normalized spacial score (nSPS) is 21.4. The van der Waals surface area contributed by atoms with Crippen LogP contribution in [0.4, 0.5) is 0 Å². The van der Waals surface area contributed by atoms with E-state index < -0.39 is 0 Å². The first kappa shape index (κ1) is 13.4. The minimum atomic E-state index is -0.0983. The number of benzene rings is 1. The zero-order valence-electron chi connectivity index (χ0n) is 11.6. The number of amides is 1. The van der Waals surface area contributed by atoms with Gasteiger partial charge in [0, 0.05) is 13.1 Å². The Morgan fingerprint density at radius 3 is 2.70 bits per heavy atom. The summed E-state index contributed by atoms with van der Waals surface area (Å²) in [6.07, 6.45) is 5.65. The van der Waals surface area contributed by atoms with Crippen LogP contribution in [0, 0.1) is 6.92 Å². The Balaban J connectivity index is 1.78. The predicted octanol–water partition coefficient (Wildman–Crippen LogP) is 3.45. The average molecular weight is 286 g/mol. The van der Waals surface area contributed by atoms with Crippen LogP contribution in [0.3, 0.4) is 0 Å². The summed E-state index contributed by atoms with van der Waals surface area (Å²) < 4.78 is 0. The van der Waals surface area contributed by atoms with Gasteiger partial charge in [0.15, 0.2) is 5.17 Å². The molecule has 1 aromatic carbocycles. The number of carbonyl (C=O) groups is 1. The largest absolute Gasteiger partial charge is 0.351 e. The molecule has 0 bridgehead atoms. The zero-order valence-corrected chi connectivity index (χ0v) is 12.4. The lowest BCUT2D eigenvalue weighted by molar-refractivity contribution is -0.113. The molecule has 3 rings (SSSR count). The predicted molar refractivity (Wildman–Crippen MR) is 84.6 cm³/mol. The Bertz CT molecular complexity index is 586. The van der Waals surface area contributed by atoms with Crippen molar-refractivity contribution >= 4 is 28.9 Å². The molecule has 2 aliphatic rings. The lowest BCUT2D eigenvalue weighted by atomic mass is 10.1. The second-order valence-electron chi connectivity index (χ2n) is 5.21. The molecule has 0 radical (unpaired) electrons. The summed E-state index contributed by atoms with van der Waals surface area (Å²) in [5, 5.41) is 0.884. The molecule has 0 aliphatic carbocycles. The number of carbonyl (C=O) groups excluding carboxylic acids is 1. The van der Waals surface area contributed by atoms with E-state index in [2.05, 4.69) is 22.9 Å². The van der Waals surface area contributed by atoms with Crippen LogP contribution in [0.25, 0.3) is 6.08 Å². The molecule has 1 amide bonds. The molecule has 3 nitrogen and oxygen atoms in total. The maximum absolute atomic E-state index is 12.0. The van der Waals surface area contributed by atoms with Gasteiger partial charge in [-0.3, -0.25) is 4.79 Å². The first-order valence-corrected chi connectivity index (χ1v) is 7.89. The van der Waals surface area contributed by atoms with E-state index in [1.165, 1.54) is 36.6 Å². The standard InChI is InChI=1S/C16H18N2OS/c1-12-7-3-4-8-13(12)11-14-15(19)17-16(20-14)18-9-5-2-6-10-18/h3-4,7-8,11H,2,5-6,9-10H2,1H3. The van der Waals surface area contributed by atoms with Crippen LogP contribution in [0.2, 0.25) is 0 Å². The van der Waals surface area contributed by atoms with Crippen molar-refractivity contribution in [3.63, 3.8) is 0 Å². The van der Waals surface area contributed by atoms with Gasteiger partial charge in [-0.25, -0.2) is 0 Å². The van der Waals surface area contributed by atoms with Gasteiger partial charge in [0.1, 0.15) is 0 Å². The van der Waals surface area contributed by atoms with E-state index in [-0.39, 0.29) is 5.91 Å². The number of nitrogens with zero attached hydrogens (tertiary/aromatic N) is 2. The lowest BCUT2D eigenvalue weighted by Crippen LogP contribution is -2.33. The van der Waals surface area contributed by atoms with Gasteiger partial charge in [-0.15, -0.1) is 0 Å². The van der Waals surface area contributed by atoms with E-state index in [1.54, 1.807) is 0 Å². The van der Waals surface area contributed by atoms with Crippen LogP contribution < -0.4 is 0 Å². The number of piperidine rings is 1. The van der Waals surface area contributed by atoms with Crippen molar-refractivity contribution in [2.24, 2.45) is 4.99 Å². The molecule has 0 N–H and O–H groups in total. The summed E-state index contributed by atoms with van der Waals surface area (Å²) in [6, 6.07) is 8.10. The molecular formula is C16H18N2OS. The monoisotopic (exact) mass is 286 g/mol. The Morgan fingerprint density at radius 2 is 1.95 bits per heavy atom. The summed E-state index contributed by atoms with van der Waals surface area (Å²) in [7, 11) is 0. The van der Waals surface area contributed by atoms with Crippen LogP contribution >= 0.6 is 11.8 Å². The fourth-order valence-corrected chi connectivity index (χ4v) is 3.46. The van der Waals surface area contributed by atoms with E-state index in [0.29, 0.717) is 0 Å². The fraction of sp³-hybridized carbons (Fsp3) is 0.375. The topological polar surface area (TPSA) is 32.7 Å². The first-order valence-electron chi connectivity index (χ1n) is 7.07. The van der Waals surface area contributed by atoms with E-state index in [4.69, 9.17) is 0 Å². The fourth-order valence-electron chi connectivity index (χ4n) is 2.51. The van der Waals surface area contributed by atoms with Crippen LogP contribution in [0.1, 0.15) is 30.4 Å². The van der Waals surface area contributed by atoms with Gasteiger partial charge in [0.2, 0.25) is 0 Å². The summed E-state index contributed by atoms with van der Waals surface area (Å²) >= 11 is 1.52. The Kier molecular flexibility index (Phi) is 3.92. The minimum Gasteiger partial charge on any atom is -0.351 e. The highest BCUT2D eigenvalue weighted by Gasteiger charge is 2.26. The van der Waals surface area contributed by atoms with Crippen molar-refractivity contribution in [2.75, 3.05) is 13.1 Å². The van der Waals surface area contributed by atoms with Gasteiger partial charge < -0.3 is 4.90 Å². The van der Waals surface area contributed by atoms with Crippen LogP contribution in [-0.4, -0.2) is 29.1 Å². The average Bonchev–Trinajstić information content (AvgIpc) is 2.84. The van der Waals surface area contributed by atoms with Gasteiger partial charge in [-0.2, -0.15) is 4.99 Å². The molecule has 0 unspecified atom stereocenters. The maximum Gasteiger partial charge on any atom is 0.286 e. The quantitative estimate of drug-likeness (QED) is 0.741. The SMILES string of the molecule is Cc1ccccc1C=C1SC(N2CCCCC2)=NC1=O. The highest BCUT2D eigenvalue weighted by molar-refractivity contribution is 8.18. The molecule has 1 aromatic rings. The van der Waals surface area contributed by atoms with Crippen molar-refractivity contribution in [1.29, 1.82) is 0 Å². The van der Waals surface area contributed by atoms with Crippen LogP contribution in [0.15, 0.2) is 34.2 Å². The van der Waals surface area contributed by atoms with Crippen molar-refractivity contribution < 1.29 is 4.79 Å². The molecule has 4 heteroatoms. The number of aryl methyl sites for hydroxylation is 1. The molecule has 20 heavy (non-hydrogen) atoms. The Morgan fingerprint density at radius 1 is 1.20 bits per heavy atom. The Hall–Kier alpha value is -1.55. The molecule has 0 spiro atoms. The van der Waals surface area contributed by atoms with E-state index in [1.807, 2.05) is 24.3 Å². The molecule has 2 heterocycles. The second kappa shape index (κ2) is 5.83. The molecule has 0 aromatic heterocycles. The summed E-state index contributed by atoms with van der Waals surface area (Å²) in [5.41, 5.74) is 2.28. The van der Waals surface area contributed by atoms with Gasteiger partial charge in [-0.05, 0) is 55.2 Å². The molecule has 104 valence electrons. The molecular weight excluding hydrogens is 268 g/mol. The van der Waals surface area contributed by atoms with E-state index in [0.717, 1.165) is 28.7 Å². The van der Waals surface area contributed by atoms with Crippen molar-refractivity contribution in [2.45, 2.75) is 26.2 Å². The number of rotatable bonds is 1. The third kappa shape index (κ3) is 2.80. The molecule has 0 atom stereocenters. The van der Waals surface area contributed by atoms with Crippen molar-refractivity contribution in [3.8, 4) is 0 Å². The number of hydrogen-bond acceptors (Lipinski definition) is 3. The number of amidine groups is 1. The summed E-state index contributed by atoms with van der Waals surface area (Å²) in [5.74, 6) is -0.0983. The van der Waals surface area contributed by atoms with E-state index >= 15 is 0 Å². The van der Waals surface area contributed by atoms with Gasteiger partial charge >= 0.3 is 0 Å². The molecule has 1 fully saturated rings. The van der Waals surface area contributed by atoms with E-state index in [9.17, 15) is 4.79 Å². The van der Waals surface area contributed by atoms with Gasteiger partial charge in [0.25, 0.3) is 5.91 Å². The molecule has 0 saturated carbocycles. The lowest BCUT2D eigenvalue weighted by Gasteiger charge is -2.27. The third-order valence-corrected chi connectivity index (χ3v) is 4.76. The minimum absolute atomic E-state index is 0.0983. The number of likely N-dealkylation sites (tertiary alicyclic amines) is 1. The highest BCUT2D eigenvalue weighted by Crippen LogP contribution is 2.31. The second-order valence-corrected chi connectivity index (χ2v) is 6.22. The van der Waals surface area contributed by atoms with Crippen LogP contribution in [-0.2, 0) is 4.79 Å². The summed E-state index contributed by atoms with van der Waals surface area (Å²) in [4.78, 5) is 19.2. The first-order chi connectivity index (χ1) is 9.74.